The van der Waals surface area contributed by atoms with Crippen LogP contribution in [0.4, 0.5) is 5.69 Å². The summed E-state index contributed by atoms with van der Waals surface area (Å²) in [6.45, 7) is 7.51. The molecular formula is C35H35N3O9S. The van der Waals surface area contributed by atoms with E-state index in [0.717, 1.165) is 0 Å². The maximum atomic E-state index is 14.1. The molecule has 48 heavy (non-hydrogen) atoms. The van der Waals surface area contributed by atoms with Crippen molar-refractivity contribution in [2.45, 2.75) is 46.4 Å². The maximum absolute atomic E-state index is 14.1. The molecule has 3 aromatic carbocycles. The topological polar surface area (TPSA) is 141 Å². The molecule has 1 aromatic heterocycles. The molecule has 4 aromatic rings. The number of fused-ring (bicyclic) bond motifs is 1. The van der Waals surface area contributed by atoms with E-state index in [-0.39, 0.29) is 36.1 Å². The average Bonchev–Trinajstić information content (AvgIpc) is 3.36. The molecule has 0 saturated heterocycles. The van der Waals surface area contributed by atoms with Crippen molar-refractivity contribution in [2.75, 3.05) is 20.8 Å². The number of methoxy groups -OCH3 is 2. The Bertz CT molecular complexity index is 2080. The molecule has 0 spiro atoms. The number of benzene rings is 3. The second kappa shape index (κ2) is 14.6. The maximum Gasteiger partial charge on any atom is 0.338 e. The van der Waals surface area contributed by atoms with Gasteiger partial charge in [-0.3, -0.25) is 19.5 Å². The van der Waals surface area contributed by atoms with E-state index in [0.29, 0.717) is 54.7 Å². The Labute approximate surface area is 280 Å². The van der Waals surface area contributed by atoms with Gasteiger partial charge in [-0.1, -0.05) is 35.6 Å². The summed E-state index contributed by atoms with van der Waals surface area (Å²) < 4.78 is 30.3. The number of nitro groups is 1. The second-order valence-electron chi connectivity index (χ2n) is 11.0. The standard InChI is InChI=1S/C35H35N3O9S/c1-7-45-34(40)31-21(4)36-35-37(32(31)24-12-14-27(47-20(2)3)29(18-24)44-6)33(39)30(48-35)17-22-11-13-26(28(16-22)43-5)46-19-23-9-8-10-25(15-23)38(41)42/h8-18,20,32H,7,19H2,1-6H3/b30-17-/t32-/m1/s1. The first-order valence-corrected chi connectivity index (χ1v) is 15.9. The third-order valence-electron chi connectivity index (χ3n) is 7.38. The Balaban J connectivity index is 1.54. The number of carbonyl (C=O) groups excluding carboxylic acids is 1. The summed E-state index contributed by atoms with van der Waals surface area (Å²) in [6, 6.07) is 15.9. The lowest BCUT2D eigenvalue weighted by molar-refractivity contribution is -0.384. The van der Waals surface area contributed by atoms with Crippen LogP contribution in [-0.4, -0.2) is 42.4 Å². The third kappa shape index (κ3) is 7.10. The van der Waals surface area contributed by atoms with Gasteiger partial charge in [-0.15, -0.1) is 0 Å². The summed E-state index contributed by atoms with van der Waals surface area (Å²) in [5, 5.41) is 11.1. The van der Waals surface area contributed by atoms with E-state index in [9.17, 15) is 19.7 Å². The van der Waals surface area contributed by atoms with E-state index in [1.807, 2.05) is 13.8 Å². The molecular weight excluding hydrogens is 638 g/mol. The number of ether oxygens (including phenoxy) is 5. The molecule has 2 heterocycles. The highest BCUT2D eigenvalue weighted by Gasteiger charge is 2.34. The van der Waals surface area contributed by atoms with Gasteiger partial charge in [0.15, 0.2) is 27.8 Å². The first-order chi connectivity index (χ1) is 23.0. The Kier molecular flexibility index (Phi) is 10.3. The van der Waals surface area contributed by atoms with Crippen LogP contribution in [0.2, 0.25) is 0 Å². The van der Waals surface area contributed by atoms with Crippen LogP contribution in [-0.2, 0) is 16.1 Å². The number of thiazole rings is 1. The van der Waals surface area contributed by atoms with Gasteiger partial charge in [-0.25, -0.2) is 9.79 Å². The minimum atomic E-state index is -0.830. The molecule has 5 rings (SSSR count). The fraction of sp³-hybridized carbons (Fsp3) is 0.286. The number of aromatic nitrogens is 1. The number of hydrogen-bond donors (Lipinski definition) is 0. The molecule has 0 radical (unpaired) electrons. The predicted octanol–water partition coefficient (Wildman–Crippen LogP) is 5.09. The minimum absolute atomic E-state index is 0.0250. The van der Waals surface area contributed by atoms with Crippen LogP contribution in [0.1, 0.15) is 50.4 Å². The quantitative estimate of drug-likeness (QED) is 0.114. The summed E-state index contributed by atoms with van der Waals surface area (Å²) >= 11 is 1.20. The van der Waals surface area contributed by atoms with Gasteiger partial charge in [0.1, 0.15) is 6.61 Å². The van der Waals surface area contributed by atoms with E-state index in [1.165, 1.54) is 42.3 Å². The zero-order valence-corrected chi connectivity index (χ0v) is 28.2. The van der Waals surface area contributed by atoms with Gasteiger partial charge < -0.3 is 23.7 Å². The normalized spacial score (nSPS) is 14.3. The molecule has 1 aliphatic heterocycles. The molecule has 12 nitrogen and oxygen atoms in total. The summed E-state index contributed by atoms with van der Waals surface area (Å²) in [5.41, 5.74) is 2.24. The van der Waals surface area contributed by atoms with E-state index >= 15 is 0 Å². The van der Waals surface area contributed by atoms with Gasteiger partial charge in [-0.05, 0) is 74.7 Å². The first kappa shape index (κ1) is 33.9. The van der Waals surface area contributed by atoms with Gasteiger partial charge in [0, 0.05) is 12.1 Å². The molecule has 0 bridgehead atoms. The first-order valence-electron chi connectivity index (χ1n) is 15.1. The van der Waals surface area contributed by atoms with Gasteiger partial charge in [0.2, 0.25) is 0 Å². The van der Waals surface area contributed by atoms with E-state index in [4.69, 9.17) is 23.7 Å². The average molecular weight is 674 g/mol. The van der Waals surface area contributed by atoms with E-state index in [2.05, 4.69) is 4.99 Å². The molecule has 0 saturated carbocycles. The van der Waals surface area contributed by atoms with Crippen molar-refractivity contribution in [3.63, 3.8) is 0 Å². The predicted molar refractivity (Wildman–Crippen MR) is 180 cm³/mol. The second-order valence-corrected chi connectivity index (χ2v) is 12.0. The van der Waals surface area contributed by atoms with Crippen LogP contribution in [0.15, 0.2) is 81.7 Å². The lowest BCUT2D eigenvalue weighted by atomic mass is 9.95. The van der Waals surface area contributed by atoms with Gasteiger partial charge in [0.25, 0.3) is 11.2 Å². The molecule has 0 fully saturated rings. The number of nitro benzene ring substituents is 1. The highest BCUT2D eigenvalue weighted by Crippen LogP contribution is 2.37. The SMILES string of the molecule is CCOC(=O)C1=C(C)N=c2s/c(=C\c3ccc(OCc4cccc([N+](=O)[O-])c4)c(OC)c3)c(=O)n2[C@@H]1c1ccc(OC(C)C)c(OC)c1. The molecule has 1 atom stereocenters. The van der Waals surface area contributed by atoms with Crippen LogP contribution < -0.4 is 33.8 Å². The van der Waals surface area contributed by atoms with Gasteiger partial charge in [0.05, 0.1) is 53.7 Å². The van der Waals surface area contributed by atoms with Crippen LogP contribution in [0.3, 0.4) is 0 Å². The Morgan fingerprint density at radius 2 is 1.77 bits per heavy atom. The van der Waals surface area contributed by atoms with Crippen molar-refractivity contribution in [2.24, 2.45) is 4.99 Å². The number of allylic oxidation sites excluding steroid dienone is 1. The summed E-state index contributed by atoms with van der Waals surface area (Å²) in [4.78, 5) is 43.1. The molecule has 0 aliphatic carbocycles. The highest BCUT2D eigenvalue weighted by atomic mass is 32.1. The number of non-ortho nitro benzene ring substituents is 1. The third-order valence-corrected chi connectivity index (χ3v) is 8.37. The Morgan fingerprint density at radius 1 is 1.04 bits per heavy atom. The van der Waals surface area contributed by atoms with E-state index < -0.39 is 16.9 Å². The lowest BCUT2D eigenvalue weighted by Gasteiger charge is -2.25. The van der Waals surface area contributed by atoms with Gasteiger partial charge >= 0.3 is 5.97 Å². The van der Waals surface area contributed by atoms with Crippen molar-refractivity contribution in [3.8, 4) is 23.0 Å². The molecule has 1 aliphatic rings. The summed E-state index contributed by atoms with van der Waals surface area (Å²) in [5.74, 6) is 1.27. The van der Waals surface area contributed by atoms with Crippen molar-refractivity contribution in [1.29, 1.82) is 0 Å². The van der Waals surface area contributed by atoms with Gasteiger partial charge in [-0.2, -0.15) is 0 Å². The number of nitrogens with zero attached hydrogens (tertiary/aromatic N) is 3. The summed E-state index contributed by atoms with van der Waals surface area (Å²) in [7, 11) is 3.03. The molecule has 0 unspecified atom stereocenters. The Morgan fingerprint density at radius 3 is 2.46 bits per heavy atom. The van der Waals surface area contributed by atoms with E-state index in [1.54, 1.807) is 68.5 Å². The zero-order chi connectivity index (χ0) is 34.5. The Hall–Kier alpha value is -5.43. The van der Waals surface area contributed by atoms with Crippen LogP contribution >= 0.6 is 11.3 Å². The lowest BCUT2D eigenvalue weighted by Crippen LogP contribution is -2.40. The molecule has 0 amide bonds. The van der Waals surface area contributed by atoms with Crippen molar-refractivity contribution in [3.05, 3.63) is 118 Å². The molecule has 13 heteroatoms. The largest absolute Gasteiger partial charge is 0.493 e. The minimum Gasteiger partial charge on any atom is -0.493 e. The zero-order valence-electron chi connectivity index (χ0n) is 27.3. The molecule has 0 N–H and O–H groups in total. The van der Waals surface area contributed by atoms with Crippen LogP contribution in [0.25, 0.3) is 6.08 Å². The number of esters is 1. The summed E-state index contributed by atoms with van der Waals surface area (Å²) in [6.07, 6.45) is 1.63. The number of hydrogen-bond acceptors (Lipinski definition) is 11. The number of rotatable bonds is 12. The monoisotopic (exact) mass is 673 g/mol. The highest BCUT2D eigenvalue weighted by molar-refractivity contribution is 7.07. The van der Waals surface area contributed by atoms with Crippen molar-refractivity contribution in [1.82, 2.24) is 4.57 Å². The van der Waals surface area contributed by atoms with Crippen LogP contribution in [0.5, 0.6) is 23.0 Å². The fourth-order valence-electron chi connectivity index (χ4n) is 5.28. The molecule has 250 valence electrons. The van der Waals surface area contributed by atoms with Crippen molar-refractivity contribution >= 4 is 29.1 Å². The van der Waals surface area contributed by atoms with Crippen LogP contribution in [0, 0.1) is 10.1 Å². The number of carbonyl (C=O) groups is 1. The van der Waals surface area contributed by atoms with Crippen molar-refractivity contribution < 1.29 is 33.4 Å². The fourth-order valence-corrected chi connectivity index (χ4v) is 6.32. The smallest absolute Gasteiger partial charge is 0.338 e.